The largest absolute Gasteiger partial charge is 0.341 e. The van der Waals surface area contributed by atoms with Crippen molar-refractivity contribution < 1.29 is 9.59 Å². The SMILES string of the molecule is CC1=NC(=O)NC(c2ccsc2)C1C(=O)Nc1ccc2[nH]ncc2c1. The third kappa shape index (κ3) is 2.91. The average Bonchev–Trinajstić information content (AvgIpc) is 3.25. The predicted octanol–water partition coefficient (Wildman–Crippen LogP) is 3.10. The van der Waals surface area contributed by atoms with Crippen molar-refractivity contribution in [1.82, 2.24) is 15.5 Å². The molecule has 126 valence electrons. The fourth-order valence-corrected chi connectivity index (χ4v) is 3.73. The highest BCUT2D eigenvalue weighted by molar-refractivity contribution is 7.08. The minimum atomic E-state index is -0.563. The van der Waals surface area contributed by atoms with E-state index in [1.165, 1.54) is 11.3 Å². The van der Waals surface area contributed by atoms with E-state index < -0.39 is 18.0 Å². The van der Waals surface area contributed by atoms with Gasteiger partial charge in [0.15, 0.2) is 0 Å². The Hall–Kier alpha value is -3.00. The molecular weight excluding hydrogens is 338 g/mol. The molecule has 0 saturated heterocycles. The standard InChI is InChI=1S/C17H15N5O2S/c1-9-14(15(21-17(24)19-9)10-4-5-25-8-10)16(23)20-12-2-3-13-11(6-12)7-18-22-13/h2-8,14-15H,1H3,(H,18,22)(H,20,23)(H,21,24). The van der Waals surface area contributed by atoms with Crippen LogP contribution >= 0.6 is 11.3 Å². The minimum Gasteiger partial charge on any atom is -0.328 e. The van der Waals surface area contributed by atoms with Gasteiger partial charge in [-0.05, 0) is 47.5 Å². The molecular formula is C17H15N5O2S. The highest BCUT2D eigenvalue weighted by Crippen LogP contribution is 2.29. The van der Waals surface area contributed by atoms with Gasteiger partial charge in [0.25, 0.3) is 0 Å². The third-order valence-electron chi connectivity index (χ3n) is 4.23. The number of aromatic amines is 1. The van der Waals surface area contributed by atoms with Crippen LogP contribution in [0, 0.1) is 5.92 Å². The molecule has 4 rings (SSSR count). The number of carbonyl (C=O) groups is 2. The number of carbonyl (C=O) groups excluding carboxylic acids is 2. The van der Waals surface area contributed by atoms with Crippen molar-refractivity contribution in [2.75, 3.05) is 5.32 Å². The summed E-state index contributed by atoms with van der Waals surface area (Å²) in [5.74, 6) is -0.771. The molecule has 1 aliphatic heterocycles. The summed E-state index contributed by atoms with van der Waals surface area (Å²) in [7, 11) is 0. The van der Waals surface area contributed by atoms with Crippen LogP contribution in [0.5, 0.6) is 0 Å². The Morgan fingerprint density at radius 2 is 2.20 bits per heavy atom. The van der Waals surface area contributed by atoms with Gasteiger partial charge in [0.1, 0.15) is 5.92 Å². The Morgan fingerprint density at radius 1 is 1.32 bits per heavy atom. The van der Waals surface area contributed by atoms with Crippen molar-refractivity contribution in [3.63, 3.8) is 0 Å². The smallest absolute Gasteiger partial charge is 0.328 e. The Kier molecular flexibility index (Phi) is 3.81. The molecule has 3 aromatic rings. The highest BCUT2D eigenvalue weighted by Gasteiger charge is 2.37. The van der Waals surface area contributed by atoms with Crippen LogP contribution in [0.2, 0.25) is 0 Å². The second kappa shape index (κ2) is 6.14. The number of H-pyrrole nitrogens is 1. The molecule has 3 N–H and O–H groups in total. The molecule has 25 heavy (non-hydrogen) atoms. The first-order valence-corrected chi connectivity index (χ1v) is 8.68. The monoisotopic (exact) mass is 353 g/mol. The summed E-state index contributed by atoms with van der Waals surface area (Å²) >= 11 is 1.52. The quantitative estimate of drug-likeness (QED) is 0.674. The Morgan fingerprint density at radius 3 is 3.00 bits per heavy atom. The van der Waals surface area contributed by atoms with Crippen molar-refractivity contribution >= 4 is 45.6 Å². The number of hydrogen-bond donors (Lipinski definition) is 3. The van der Waals surface area contributed by atoms with E-state index in [0.29, 0.717) is 11.4 Å². The number of benzene rings is 1. The van der Waals surface area contributed by atoms with Crippen LogP contribution in [0.4, 0.5) is 10.5 Å². The summed E-state index contributed by atoms with van der Waals surface area (Å²) in [6, 6.07) is 6.59. The number of nitrogens with one attached hydrogen (secondary N) is 3. The predicted molar refractivity (Wildman–Crippen MR) is 96.9 cm³/mol. The summed E-state index contributed by atoms with van der Waals surface area (Å²) in [5, 5.41) is 17.3. The number of thiophene rings is 1. The molecule has 2 atom stereocenters. The molecule has 0 fully saturated rings. The van der Waals surface area contributed by atoms with E-state index in [9.17, 15) is 9.59 Å². The van der Waals surface area contributed by atoms with E-state index in [1.807, 2.05) is 35.0 Å². The second-order valence-corrected chi connectivity index (χ2v) is 6.66. The van der Waals surface area contributed by atoms with Gasteiger partial charge in [-0.3, -0.25) is 9.89 Å². The van der Waals surface area contributed by atoms with Crippen LogP contribution < -0.4 is 10.6 Å². The maximum atomic E-state index is 12.9. The number of amides is 3. The van der Waals surface area contributed by atoms with Crippen molar-refractivity contribution in [3.8, 4) is 0 Å². The molecule has 0 aliphatic carbocycles. The summed E-state index contributed by atoms with van der Waals surface area (Å²) in [4.78, 5) is 28.6. The molecule has 1 aromatic carbocycles. The highest BCUT2D eigenvalue weighted by atomic mass is 32.1. The Labute approximate surface area is 147 Å². The van der Waals surface area contributed by atoms with E-state index in [2.05, 4.69) is 25.8 Å². The minimum absolute atomic E-state index is 0.208. The number of anilines is 1. The van der Waals surface area contributed by atoms with E-state index in [0.717, 1.165) is 16.5 Å². The van der Waals surface area contributed by atoms with Crippen LogP contribution in [-0.4, -0.2) is 27.8 Å². The van der Waals surface area contributed by atoms with Gasteiger partial charge in [0.05, 0.1) is 17.8 Å². The van der Waals surface area contributed by atoms with Gasteiger partial charge in [-0.1, -0.05) is 0 Å². The molecule has 3 heterocycles. The van der Waals surface area contributed by atoms with Crippen molar-refractivity contribution in [1.29, 1.82) is 0 Å². The van der Waals surface area contributed by atoms with Gasteiger partial charge in [0.2, 0.25) is 5.91 Å². The zero-order valence-electron chi connectivity index (χ0n) is 13.3. The maximum Gasteiger partial charge on any atom is 0.341 e. The number of rotatable bonds is 3. The first-order chi connectivity index (χ1) is 12.1. The lowest BCUT2D eigenvalue weighted by molar-refractivity contribution is -0.118. The van der Waals surface area contributed by atoms with Crippen LogP contribution in [0.3, 0.4) is 0 Å². The average molecular weight is 353 g/mol. The first kappa shape index (κ1) is 15.5. The number of aliphatic imine (C=N–C) groups is 1. The van der Waals surface area contributed by atoms with Gasteiger partial charge in [0, 0.05) is 16.8 Å². The topological polar surface area (TPSA) is 99.2 Å². The van der Waals surface area contributed by atoms with Gasteiger partial charge in [-0.15, -0.1) is 0 Å². The lowest BCUT2D eigenvalue weighted by atomic mass is 9.88. The summed E-state index contributed by atoms with van der Waals surface area (Å²) < 4.78 is 0. The van der Waals surface area contributed by atoms with Crippen LogP contribution in [-0.2, 0) is 4.79 Å². The Balaban J connectivity index is 1.63. The fourth-order valence-electron chi connectivity index (χ4n) is 3.03. The summed E-state index contributed by atoms with van der Waals surface area (Å²) in [5.41, 5.74) is 2.98. The number of hydrogen-bond acceptors (Lipinski definition) is 4. The van der Waals surface area contributed by atoms with Crippen molar-refractivity contribution in [2.24, 2.45) is 10.9 Å². The summed E-state index contributed by atoms with van der Waals surface area (Å²) in [6.07, 6.45) is 1.70. The normalized spacial score (nSPS) is 20.2. The van der Waals surface area contributed by atoms with E-state index >= 15 is 0 Å². The number of nitrogens with zero attached hydrogens (tertiary/aromatic N) is 2. The van der Waals surface area contributed by atoms with Gasteiger partial charge in [-0.2, -0.15) is 16.4 Å². The van der Waals surface area contributed by atoms with Gasteiger partial charge >= 0.3 is 6.03 Å². The third-order valence-corrected chi connectivity index (χ3v) is 4.93. The fraction of sp³-hybridized carbons (Fsp3) is 0.176. The molecule has 7 nitrogen and oxygen atoms in total. The van der Waals surface area contributed by atoms with Gasteiger partial charge in [-0.25, -0.2) is 9.79 Å². The van der Waals surface area contributed by atoms with E-state index in [-0.39, 0.29) is 5.91 Å². The van der Waals surface area contributed by atoms with E-state index in [1.54, 1.807) is 13.1 Å². The molecule has 0 spiro atoms. The van der Waals surface area contributed by atoms with Crippen molar-refractivity contribution in [3.05, 3.63) is 46.8 Å². The number of urea groups is 1. The maximum absolute atomic E-state index is 12.9. The number of aromatic nitrogens is 2. The molecule has 0 saturated carbocycles. The second-order valence-electron chi connectivity index (χ2n) is 5.88. The zero-order valence-corrected chi connectivity index (χ0v) is 14.1. The van der Waals surface area contributed by atoms with Crippen LogP contribution in [0.25, 0.3) is 10.9 Å². The first-order valence-electron chi connectivity index (χ1n) is 7.73. The molecule has 1 aliphatic rings. The molecule has 2 aromatic heterocycles. The molecule has 8 heteroatoms. The molecule has 3 amide bonds. The zero-order chi connectivity index (χ0) is 17.4. The lowest BCUT2D eigenvalue weighted by Gasteiger charge is -2.29. The van der Waals surface area contributed by atoms with Gasteiger partial charge < -0.3 is 10.6 Å². The number of fused-ring (bicyclic) bond motifs is 1. The van der Waals surface area contributed by atoms with Crippen LogP contribution in [0.1, 0.15) is 18.5 Å². The van der Waals surface area contributed by atoms with Crippen LogP contribution in [0.15, 0.2) is 46.2 Å². The van der Waals surface area contributed by atoms with Crippen molar-refractivity contribution in [2.45, 2.75) is 13.0 Å². The molecule has 0 bridgehead atoms. The summed E-state index contributed by atoms with van der Waals surface area (Å²) in [6.45, 7) is 1.71. The molecule has 2 unspecified atom stereocenters. The van der Waals surface area contributed by atoms with E-state index in [4.69, 9.17) is 0 Å². The lowest BCUT2D eigenvalue weighted by Crippen LogP contribution is -2.45. The molecule has 0 radical (unpaired) electrons. The Bertz CT molecular complexity index is 976.